The number of hydrogen-bond acceptors (Lipinski definition) is 4. The molecule has 2 aromatic carbocycles. The highest BCUT2D eigenvalue weighted by Crippen LogP contribution is 2.33. The van der Waals surface area contributed by atoms with E-state index in [0.29, 0.717) is 18.2 Å². The topological polar surface area (TPSA) is 53.8 Å². The molecular weight excluding hydrogens is 366 g/mol. The first-order valence-corrected chi connectivity index (χ1v) is 11.0. The summed E-state index contributed by atoms with van der Waals surface area (Å²) in [5, 5.41) is 4.13. The summed E-state index contributed by atoms with van der Waals surface area (Å²) >= 11 is 1.53. The van der Waals surface area contributed by atoms with Crippen molar-refractivity contribution in [1.82, 2.24) is 5.32 Å². The molecule has 1 aliphatic heterocycles. The fraction of sp³-hybridized carbons (Fsp3) is 0.348. The maximum absolute atomic E-state index is 12.4. The van der Waals surface area contributed by atoms with Gasteiger partial charge < -0.3 is 5.32 Å². The lowest BCUT2D eigenvalue weighted by atomic mass is 9.95. The van der Waals surface area contributed by atoms with Crippen LogP contribution in [0.5, 0.6) is 0 Å². The SMILES string of the molecule is O=C(CSC1=Nc2ccccc2N=C(c2ccccc2)C1)NC1CCCCC1. The predicted molar refractivity (Wildman–Crippen MR) is 118 cm³/mol. The largest absolute Gasteiger partial charge is 0.353 e. The van der Waals surface area contributed by atoms with E-state index >= 15 is 0 Å². The van der Waals surface area contributed by atoms with Crippen molar-refractivity contribution in [2.24, 2.45) is 9.98 Å². The molecule has 0 aromatic heterocycles. The number of para-hydroxylation sites is 2. The Morgan fingerprint density at radius 3 is 2.36 bits per heavy atom. The quantitative estimate of drug-likeness (QED) is 0.756. The van der Waals surface area contributed by atoms with Crippen LogP contribution in [0.2, 0.25) is 0 Å². The fourth-order valence-corrected chi connectivity index (χ4v) is 4.48. The van der Waals surface area contributed by atoms with Crippen LogP contribution < -0.4 is 5.32 Å². The van der Waals surface area contributed by atoms with E-state index in [4.69, 9.17) is 9.98 Å². The Balaban J connectivity index is 1.48. The second-order valence-electron chi connectivity index (χ2n) is 7.29. The molecule has 0 radical (unpaired) electrons. The van der Waals surface area contributed by atoms with Gasteiger partial charge >= 0.3 is 0 Å². The van der Waals surface area contributed by atoms with E-state index in [0.717, 1.165) is 40.5 Å². The molecule has 1 heterocycles. The Labute approximate surface area is 170 Å². The smallest absolute Gasteiger partial charge is 0.230 e. The first kappa shape index (κ1) is 18.9. The van der Waals surface area contributed by atoms with Crippen molar-refractivity contribution in [1.29, 1.82) is 0 Å². The Morgan fingerprint density at radius 2 is 1.61 bits per heavy atom. The van der Waals surface area contributed by atoms with Crippen LogP contribution in [0.15, 0.2) is 64.6 Å². The van der Waals surface area contributed by atoms with Crippen LogP contribution in [0.3, 0.4) is 0 Å². The van der Waals surface area contributed by atoms with Crippen LogP contribution in [-0.2, 0) is 4.79 Å². The average molecular weight is 392 g/mol. The van der Waals surface area contributed by atoms with Crippen molar-refractivity contribution in [3.8, 4) is 0 Å². The van der Waals surface area contributed by atoms with Gasteiger partial charge in [-0.3, -0.25) is 9.79 Å². The molecule has 0 saturated heterocycles. The summed E-state index contributed by atoms with van der Waals surface area (Å²) in [4.78, 5) is 22.1. The zero-order valence-electron chi connectivity index (χ0n) is 15.9. The first-order chi connectivity index (χ1) is 13.8. The maximum atomic E-state index is 12.4. The second kappa shape index (κ2) is 9.20. The van der Waals surface area contributed by atoms with E-state index < -0.39 is 0 Å². The average Bonchev–Trinajstić information content (AvgIpc) is 2.93. The molecule has 5 heteroatoms. The van der Waals surface area contributed by atoms with Crippen molar-refractivity contribution in [2.75, 3.05) is 5.75 Å². The van der Waals surface area contributed by atoms with Gasteiger partial charge in [0.2, 0.25) is 5.91 Å². The molecule has 1 fully saturated rings. The van der Waals surface area contributed by atoms with Crippen LogP contribution in [0.1, 0.15) is 44.1 Å². The molecule has 1 N–H and O–H groups in total. The maximum Gasteiger partial charge on any atom is 0.230 e. The summed E-state index contributed by atoms with van der Waals surface area (Å²) in [5.41, 5.74) is 3.83. The third kappa shape index (κ3) is 4.90. The lowest BCUT2D eigenvalue weighted by Gasteiger charge is -2.22. The van der Waals surface area contributed by atoms with E-state index in [1.54, 1.807) is 0 Å². The molecule has 4 rings (SSSR count). The summed E-state index contributed by atoms with van der Waals surface area (Å²) in [5.74, 6) is 0.509. The van der Waals surface area contributed by atoms with E-state index in [-0.39, 0.29) is 5.91 Å². The fourth-order valence-electron chi connectivity index (χ4n) is 3.70. The van der Waals surface area contributed by atoms with Gasteiger partial charge in [0, 0.05) is 12.5 Å². The van der Waals surface area contributed by atoms with Gasteiger partial charge in [-0.1, -0.05) is 61.7 Å². The summed E-state index contributed by atoms with van der Waals surface area (Å²) in [6.45, 7) is 0. The van der Waals surface area contributed by atoms with E-state index in [1.165, 1.54) is 31.0 Å². The molecule has 144 valence electrons. The molecule has 1 amide bonds. The number of aliphatic imine (C=N–C) groups is 2. The number of benzene rings is 2. The molecule has 4 nitrogen and oxygen atoms in total. The molecule has 0 unspecified atom stereocenters. The number of thioether (sulfide) groups is 1. The monoisotopic (exact) mass is 391 g/mol. The Morgan fingerprint density at radius 1 is 0.929 bits per heavy atom. The van der Waals surface area contributed by atoms with Gasteiger partial charge in [0.1, 0.15) is 0 Å². The van der Waals surface area contributed by atoms with Gasteiger partial charge in [-0.2, -0.15) is 0 Å². The first-order valence-electron chi connectivity index (χ1n) is 10.00. The Bertz CT molecular complexity index is 886. The van der Waals surface area contributed by atoms with Gasteiger partial charge in [0.15, 0.2) is 0 Å². The molecule has 0 atom stereocenters. The van der Waals surface area contributed by atoms with Gasteiger partial charge in [-0.25, -0.2) is 4.99 Å². The summed E-state index contributed by atoms with van der Waals surface area (Å²) in [7, 11) is 0. The van der Waals surface area contributed by atoms with Crippen molar-refractivity contribution in [3.05, 3.63) is 60.2 Å². The predicted octanol–water partition coefficient (Wildman–Crippen LogP) is 5.42. The molecule has 28 heavy (non-hydrogen) atoms. The molecule has 2 aromatic rings. The number of nitrogens with one attached hydrogen (secondary N) is 1. The lowest BCUT2D eigenvalue weighted by molar-refractivity contribution is -0.119. The van der Waals surface area contributed by atoms with Crippen LogP contribution in [-0.4, -0.2) is 28.5 Å². The van der Waals surface area contributed by atoms with E-state index in [1.807, 2.05) is 42.5 Å². The van der Waals surface area contributed by atoms with Gasteiger partial charge in [0.05, 0.1) is 27.9 Å². The highest BCUT2D eigenvalue weighted by molar-refractivity contribution is 8.14. The molecular formula is C23H25N3OS. The summed E-state index contributed by atoms with van der Waals surface area (Å²) in [6, 6.07) is 18.5. The number of rotatable bonds is 4. The van der Waals surface area contributed by atoms with E-state index in [9.17, 15) is 4.79 Å². The number of carbonyl (C=O) groups is 1. The van der Waals surface area contributed by atoms with Gasteiger partial charge in [-0.15, -0.1) is 11.8 Å². The minimum absolute atomic E-state index is 0.107. The van der Waals surface area contributed by atoms with E-state index in [2.05, 4.69) is 17.4 Å². The molecule has 0 bridgehead atoms. The van der Waals surface area contributed by atoms with Crippen molar-refractivity contribution >= 4 is 39.8 Å². The number of amides is 1. The normalized spacial score (nSPS) is 17.1. The standard InChI is InChI=1S/C23H25N3OS/c27-22(24-18-11-5-2-6-12-18)16-28-23-15-21(17-9-3-1-4-10-17)25-19-13-7-8-14-20(19)26-23/h1,3-4,7-10,13-14,18H,2,5-6,11-12,15-16H2,(H,24,27). The van der Waals surface area contributed by atoms with Crippen LogP contribution >= 0.6 is 11.8 Å². The van der Waals surface area contributed by atoms with Crippen LogP contribution in [0.25, 0.3) is 0 Å². The van der Waals surface area contributed by atoms with Crippen LogP contribution in [0.4, 0.5) is 11.4 Å². The van der Waals surface area contributed by atoms with Crippen LogP contribution in [0, 0.1) is 0 Å². The van der Waals surface area contributed by atoms with Crippen molar-refractivity contribution in [2.45, 2.75) is 44.6 Å². The number of nitrogens with zero attached hydrogens (tertiary/aromatic N) is 2. The zero-order valence-corrected chi connectivity index (χ0v) is 16.8. The highest BCUT2D eigenvalue weighted by atomic mass is 32.2. The molecule has 1 saturated carbocycles. The molecule has 0 spiro atoms. The third-order valence-electron chi connectivity index (χ3n) is 5.15. The summed E-state index contributed by atoms with van der Waals surface area (Å²) in [6.07, 6.45) is 6.58. The summed E-state index contributed by atoms with van der Waals surface area (Å²) < 4.78 is 0. The molecule has 1 aliphatic carbocycles. The lowest BCUT2D eigenvalue weighted by Crippen LogP contribution is -2.37. The Hall–Kier alpha value is -2.40. The second-order valence-corrected chi connectivity index (χ2v) is 8.34. The minimum Gasteiger partial charge on any atom is -0.353 e. The Kier molecular flexibility index (Phi) is 6.22. The minimum atomic E-state index is 0.107. The molecule has 2 aliphatic rings. The van der Waals surface area contributed by atoms with Crippen molar-refractivity contribution < 1.29 is 4.79 Å². The number of fused-ring (bicyclic) bond motifs is 1. The zero-order chi connectivity index (χ0) is 19.2. The van der Waals surface area contributed by atoms with Gasteiger partial charge in [-0.05, 0) is 30.5 Å². The van der Waals surface area contributed by atoms with Gasteiger partial charge in [0.25, 0.3) is 0 Å². The highest BCUT2D eigenvalue weighted by Gasteiger charge is 2.18. The number of carbonyl (C=O) groups excluding carboxylic acids is 1. The third-order valence-corrected chi connectivity index (χ3v) is 6.12. The van der Waals surface area contributed by atoms with Crippen molar-refractivity contribution in [3.63, 3.8) is 0 Å². The number of hydrogen-bond donors (Lipinski definition) is 1.